The number of aliphatic imine (C=N–C) groups is 1. The predicted molar refractivity (Wildman–Crippen MR) is 61.1 cm³/mol. The van der Waals surface area contributed by atoms with Crippen LogP contribution in [0.3, 0.4) is 0 Å². The Balaban J connectivity index is 2.27. The van der Waals surface area contributed by atoms with Crippen molar-refractivity contribution in [2.24, 2.45) is 22.6 Å². The molecule has 0 heterocycles. The molecule has 4 nitrogen and oxygen atoms in total. The molecule has 2 aliphatic rings. The minimum Gasteiger partial charge on any atom is -0.396 e. The summed E-state index contributed by atoms with van der Waals surface area (Å²) in [6, 6.07) is 0. The quantitative estimate of drug-likeness (QED) is 0.717. The van der Waals surface area contributed by atoms with Gasteiger partial charge in [-0.05, 0) is 31.6 Å². The van der Waals surface area contributed by atoms with Gasteiger partial charge in [-0.3, -0.25) is 14.6 Å². The smallest absolute Gasteiger partial charge is 0.175 e. The minimum atomic E-state index is -0.0990. The van der Waals surface area contributed by atoms with Crippen LogP contribution in [0, 0.1) is 11.8 Å². The zero-order chi connectivity index (χ0) is 11.9. The highest BCUT2D eigenvalue weighted by Crippen LogP contribution is 2.54. The fourth-order valence-electron chi connectivity index (χ4n) is 2.30. The van der Waals surface area contributed by atoms with Crippen molar-refractivity contribution in [1.82, 2.24) is 0 Å². The molecular weight excluding hydrogens is 204 g/mol. The zero-order valence-corrected chi connectivity index (χ0v) is 9.62. The Morgan fingerprint density at radius 2 is 2.12 bits per heavy atom. The lowest BCUT2D eigenvalue weighted by Gasteiger charge is -2.07. The number of carbonyl (C=O) groups is 2. The van der Waals surface area contributed by atoms with Gasteiger partial charge in [0.2, 0.25) is 0 Å². The molecule has 16 heavy (non-hydrogen) atoms. The van der Waals surface area contributed by atoms with Crippen LogP contribution >= 0.6 is 0 Å². The van der Waals surface area contributed by atoms with Crippen molar-refractivity contribution >= 4 is 17.3 Å². The first-order valence-electron chi connectivity index (χ1n) is 5.54. The van der Waals surface area contributed by atoms with Crippen LogP contribution in [0.4, 0.5) is 0 Å². The van der Waals surface area contributed by atoms with Crippen LogP contribution in [-0.2, 0) is 9.59 Å². The van der Waals surface area contributed by atoms with E-state index in [0.29, 0.717) is 17.5 Å². The summed E-state index contributed by atoms with van der Waals surface area (Å²) in [5, 5.41) is 0. The predicted octanol–water partition coefficient (Wildman–Crippen LogP) is 0.858. The highest BCUT2D eigenvalue weighted by atomic mass is 16.1. The summed E-state index contributed by atoms with van der Waals surface area (Å²) in [4.78, 5) is 26.4. The van der Waals surface area contributed by atoms with Crippen LogP contribution < -0.4 is 5.73 Å². The summed E-state index contributed by atoms with van der Waals surface area (Å²) in [5.74, 6) is 0.972. The second kappa shape index (κ2) is 3.85. The third kappa shape index (κ3) is 1.92. The summed E-state index contributed by atoms with van der Waals surface area (Å²) >= 11 is 0. The normalized spacial score (nSPS) is 32.5. The molecule has 86 valence electrons. The Labute approximate surface area is 94.6 Å². The Hall–Kier alpha value is -1.45. The zero-order valence-electron chi connectivity index (χ0n) is 9.62. The molecule has 2 N–H and O–H groups in total. The van der Waals surface area contributed by atoms with Crippen LogP contribution in [-0.4, -0.2) is 23.8 Å². The molecule has 0 amide bonds. The van der Waals surface area contributed by atoms with Crippen LogP contribution in [0.25, 0.3) is 0 Å². The van der Waals surface area contributed by atoms with Crippen molar-refractivity contribution in [3.8, 4) is 0 Å². The van der Waals surface area contributed by atoms with Crippen LogP contribution in [0.5, 0.6) is 0 Å². The average molecular weight is 220 g/mol. The fourth-order valence-corrected chi connectivity index (χ4v) is 2.30. The van der Waals surface area contributed by atoms with Crippen molar-refractivity contribution < 1.29 is 9.59 Å². The summed E-state index contributed by atoms with van der Waals surface area (Å²) in [6.07, 6.45) is 1.99. The number of carbonyl (C=O) groups excluding carboxylic acids is 2. The van der Waals surface area contributed by atoms with E-state index in [1.54, 1.807) is 0 Å². The van der Waals surface area contributed by atoms with Crippen LogP contribution in [0.1, 0.15) is 26.7 Å². The van der Waals surface area contributed by atoms with Gasteiger partial charge in [-0.25, -0.2) is 0 Å². The van der Waals surface area contributed by atoms with Gasteiger partial charge in [-0.2, -0.15) is 0 Å². The maximum atomic E-state index is 11.3. The Kier molecular flexibility index (Phi) is 2.66. The molecule has 1 unspecified atom stereocenters. The van der Waals surface area contributed by atoms with Gasteiger partial charge < -0.3 is 5.73 Å². The molecule has 2 rings (SSSR count). The van der Waals surface area contributed by atoms with Gasteiger partial charge in [0.15, 0.2) is 11.6 Å². The van der Waals surface area contributed by atoms with Gasteiger partial charge in [-0.1, -0.05) is 0 Å². The van der Waals surface area contributed by atoms with Crippen molar-refractivity contribution in [3.05, 3.63) is 11.3 Å². The number of allylic oxidation sites excluding steroid dienone is 2. The minimum absolute atomic E-state index is 0.0359. The number of nitrogens with two attached hydrogens (primary N) is 1. The lowest BCUT2D eigenvalue weighted by atomic mass is 10.0. The molecule has 0 aromatic carbocycles. The maximum Gasteiger partial charge on any atom is 0.175 e. The summed E-state index contributed by atoms with van der Waals surface area (Å²) in [6.45, 7) is 3.18. The van der Waals surface area contributed by atoms with Gasteiger partial charge in [0.1, 0.15) is 0 Å². The lowest BCUT2D eigenvalue weighted by Crippen LogP contribution is -2.16. The third-order valence-electron chi connectivity index (χ3n) is 3.22. The van der Waals surface area contributed by atoms with E-state index in [-0.39, 0.29) is 18.1 Å². The Morgan fingerprint density at radius 3 is 2.69 bits per heavy atom. The summed E-state index contributed by atoms with van der Waals surface area (Å²) in [7, 11) is 0. The topological polar surface area (TPSA) is 72.5 Å². The summed E-state index contributed by atoms with van der Waals surface area (Å²) in [5.41, 5.74) is 7.93. The first kappa shape index (κ1) is 11.0. The van der Waals surface area contributed by atoms with E-state index in [1.807, 2.05) is 0 Å². The van der Waals surface area contributed by atoms with E-state index in [2.05, 4.69) is 4.99 Å². The molecule has 0 radical (unpaired) electrons. The molecule has 0 saturated heterocycles. The fraction of sp³-hybridized carbons (Fsp3) is 0.583. The average Bonchev–Trinajstić information content (AvgIpc) is 2.86. The standard InChI is InChI=1S/C12H16N2O2/c1-6(15)5-14-10-4-8-3-9(8)11(10)12(13)7(2)16/h8-9H,3-5,13H2,1-2H3/t8-,9?/m1/s1. The molecule has 0 aromatic rings. The Morgan fingerprint density at radius 1 is 1.44 bits per heavy atom. The molecule has 2 saturated carbocycles. The largest absolute Gasteiger partial charge is 0.396 e. The van der Waals surface area contributed by atoms with Gasteiger partial charge in [0, 0.05) is 18.2 Å². The molecule has 0 aromatic heterocycles. The summed E-state index contributed by atoms with van der Waals surface area (Å²) < 4.78 is 0. The highest BCUT2D eigenvalue weighted by molar-refractivity contribution is 6.11. The Bertz CT molecular complexity index is 421. The first-order chi connectivity index (χ1) is 7.50. The van der Waals surface area contributed by atoms with Gasteiger partial charge in [0.05, 0.1) is 12.2 Å². The van der Waals surface area contributed by atoms with E-state index >= 15 is 0 Å². The number of ketones is 2. The van der Waals surface area contributed by atoms with E-state index in [9.17, 15) is 9.59 Å². The molecule has 2 atom stereocenters. The number of nitrogens with zero attached hydrogens (tertiary/aromatic N) is 1. The number of hydrogen-bond donors (Lipinski definition) is 1. The van der Waals surface area contributed by atoms with E-state index < -0.39 is 0 Å². The lowest BCUT2D eigenvalue weighted by molar-refractivity contribution is -0.115. The number of Topliss-reactive ketones (excluding diaryl/α,β-unsaturated/α-hetero) is 2. The molecule has 2 aliphatic carbocycles. The molecular formula is C12H16N2O2. The van der Waals surface area contributed by atoms with Gasteiger partial charge in [0.25, 0.3) is 0 Å². The van der Waals surface area contributed by atoms with Crippen molar-refractivity contribution in [2.75, 3.05) is 6.54 Å². The number of rotatable bonds is 3. The van der Waals surface area contributed by atoms with Crippen LogP contribution in [0.15, 0.2) is 16.3 Å². The molecule has 0 aliphatic heterocycles. The molecule has 0 spiro atoms. The molecule has 0 bridgehead atoms. The van der Waals surface area contributed by atoms with E-state index in [1.165, 1.54) is 13.8 Å². The van der Waals surface area contributed by atoms with Gasteiger partial charge in [-0.15, -0.1) is 0 Å². The van der Waals surface area contributed by atoms with Crippen molar-refractivity contribution in [3.63, 3.8) is 0 Å². The molecule has 4 heteroatoms. The first-order valence-corrected chi connectivity index (χ1v) is 5.54. The van der Waals surface area contributed by atoms with Crippen LogP contribution in [0.2, 0.25) is 0 Å². The van der Waals surface area contributed by atoms with Gasteiger partial charge >= 0.3 is 0 Å². The maximum absolute atomic E-state index is 11.3. The molecule has 2 fully saturated rings. The SMILES string of the molecule is CC(=O)CN=C1C[C@H]2CC2C1=C(N)C(C)=O. The number of hydrogen-bond acceptors (Lipinski definition) is 4. The highest BCUT2D eigenvalue weighted by Gasteiger charge is 2.49. The van der Waals surface area contributed by atoms with Crippen molar-refractivity contribution in [2.45, 2.75) is 26.7 Å². The number of fused-ring (bicyclic) bond motifs is 1. The second-order valence-corrected chi connectivity index (χ2v) is 4.65. The van der Waals surface area contributed by atoms with E-state index in [4.69, 9.17) is 5.73 Å². The monoisotopic (exact) mass is 220 g/mol. The van der Waals surface area contributed by atoms with E-state index in [0.717, 1.165) is 24.1 Å². The van der Waals surface area contributed by atoms with Crippen molar-refractivity contribution in [1.29, 1.82) is 0 Å². The third-order valence-corrected chi connectivity index (χ3v) is 3.22. The second-order valence-electron chi connectivity index (χ2n) is 4.65.